The lowest BCUT2D eigenvalue weighted by Gasteiger charge is -2.16. The molecule has 0 fully saturated rings. The normalized spacial score (nSPS) is 13.1. The number of halogens is 1. The van der Waals surface area contributed by atoms with Crippen LogP contribution in [0.1, 0.15) is 29.7 Å². The zero-order valence-corrected chi connectivity index (χ0v) is 14.6. The Morgan fingerprint density at radius 3 is 2.29 bits per heavy atom. The highest BCUT2D eigenvalue weighted by molar-refractivity contribution is 9.10. The quantitative estimate of drug-likeness (QED) is 0.883. The Morgan fingerprint density at radius 2 is 1.67 bits per heavy atom. The summed E-state index contributed by atoms with van der Waals surface area (Å²) in [7, 11) is -3.55. The van der Waals surface area contributed by atoms with Gasteiger partial charge in [-0.15, -0.1) is 0 Å². The molecule has 5 heteroatoms. The third-order valence-corrected chi connectivity index (χ3v) is 5.91. The summed E-state index contributed by atoms with van der Waals surface area (Å²) in [6, 6.07) is 12.8. The number of sulfonamides is 1. The fraction of sp³-hybridized carbons (Fsp3) is 0.250. The number of benzene rings is 2. The topological polar surface area (TPSA) is 46.2 Å². The maximum atomic E-state index is 12.6. The minimum absolute atomic E-state index is 0.278. The van der Waals surface area contributed by atoms with Crippen molar-refractivity contribution < 1.29 is 8.42 Å². The molecule has 1 atom stereocenters. The van der Waals surface area contributed by atoms with Gasteiger partial charge in [-0.3, -0.25) is 0 Å². The van der Waals surface area contributed by atoms with Gasteiger partial charge in [-0.1, -0.05) is 46.3 Å². The van der Waals surface area contributed by atoms with E-state index in [2.05, 4.69) is 20.7 Å². The molecule has 0 heterocycles. The predicted octanol–water partition coefficient (Wildman–Crippen LogP) is 4.11. The van der Waals surface area contributed by atoms with E-state index in [9.17, 15) is 8.42 Å². The van der Waals surface area contributed by atoms with Crippen LogP contribution in [-0.2, 0) is 10.0 Å². The molecule has 0 spiro atoms. The summed E-state index contributed by atoms with van der Waals surface area (Å²) < 4.78 is 28.8. The third-order valence-electron chi connectivity index (χ3n) is 3.38. The first-order chi connectivity index (χ1) is 9.81. The standard InChI is InChI=1S/C16H18BrNO2S/c1-11-10-16(12(2)9-15(11)17)21(19,20)18-13(3)14-7-5-4-6-8-14/h4-10,13,18H,1-3H3/t13-/m1/s1. The number of rotatable bonds is 4. The molecule has 112 valence electrons. The first kappa shape index (κ1) is 16.2. The Bertz CT molecular complexity index is 742. The molecule has 0 aliphatic carbocycles. The van der Waals surface area contributed by atoms with Gasteiger partial charge in [0.1, 0.15) is 0 Å². The highest BCUT2D eigenvalue weighted by Crippen LogP contribution is 2.25. The van der Waals surface area contributed by atoms with Crippen LogP contribution in [0.4, 0.5) is 0 Å². The van der Waals surface area contributed by atoms with Gasteiger partial charge in [0.2, 0.25) is 10.0 Å². The van der Waals surface area contributed by atoms with E-state index < -0.39 is 10.0 Å². The van der Waals surface area contributed by atoms with Gasteiger partial charge in [-0.05, 0) is 49.6 Å². The Balaban J connectivity index is 2.33. The molecular weight excluding hydrogens is 350 g/mol. The van der Waals surface area contributed by atoms with E-state index in [4.69, 9.17) is 0 Å². The van der Waals surface area contributed by atoms with E-state index in [0.29, 0.717) is 4.90 Å². The van der Waals surface area contributed by atoms with Crippen LogP contribution in [0.25, 0.3) is 0 Å². The fourth-order valence-corrected chi connectivity index (χ4v) is 4.15. The van der Waals surface area contributed by atoms with Gasteiger partial charge < -0.3 is 0 Å². The van der Waals surface area contributed by atoms with Crippen molar-refractivity contribution in [3.63, 3.8) is 0 Å². The molecule has 3 nitrogen and oxygen atoms in total. The molecule has 1 N–H and O–H groups in total. The van der Waals surface area contributed by atoms with E-state index in [1.165, 1.54) is 0 Å². The zero-order chi connectivity index (χ0) is 15.6. The van der Waals surface area contributed by atoms with Crippen molar-refractivity contribution in [1.29, 1.82) is 0 Å². The van der Waals surface area contributed by atoms with Crippen LogP contribution in [0.2, 0.25) is 0 Å². The molecule has 2 aromatic carbocycles. The molecule has 2 rings (SSSR count). The van der Waals surface area contributed by atoms with Crippen LogP contribution < -0.4 is 4.72 Å². The molecule has 2 aromatic rings. The van der Waals surface area contributed by atoms with Crippen LogP contribution in [0.3, 0.4) is 0 Å². The number of aryl methyl sites for hydroxylation is 2. The van der Waals surface area contributed by atoms with Gasteiger partial charge in [-0.2, -0.15) is 0 Å². The molecule has 0 bridgehead atoms. The van der Waals surface area contributed by atoms with Gasteiger partial charge in [0.05, 0.1) is 4.90 Å². The molecular formula is C16H18BrNO2S. The zero-order valence-electron chi connectivity index (χ0n) is 12.2. The Kier molecular flexibility index (Phi) is 4.86. The predicted molar refractivity (Wildman–Crippen MR) is 88.8 cm³/mol. The Hall–Kier alpha value is -1.17. The minimum Gasteiger partial charge on any atom is -0.207 e. The first-order valence-corrected chi connectivity index (χ1v) is 8.93. The largest absolute Gasteiger partial charge is 0.241 e. The molecule has 0 aliphatic heterocycles. The monoisotopic (exact) mass is 367 g/mol. The van der Waals surface area contributed by atoms with Crippen LogP contribution in [0.5, 0.6) is 0 Å². The summed E-state index contributed by atoms with van der Waals surface area (Å²) >= 11 is 3.42. The second-order valence-corrected chi connectivity index (χ2v) is 7.66. The second kappa shape index (κ2) is 6.30. The minimum atomic E-state index is -3.55. The van der Waals surface area contributed by atoms with Gasteiger partial charge in [0.15, 0.2) is 0 Å². The fourth-order valence-electron chi connectivity index (χ4n) is 2.15. The van der Waals surface area contributed by atoms with Crippen molar-refractivity contribution in [2.75, 3.05) is 0 Å². The number of hydrogen-bond acceptors (Lipinski definition) is 2. The third kappa shape index (κ3) is 3.73. The van der Waals surface area contributed by atoms with Crippen molar-refractivity contribution in [2.45, 2.75) is 31.7 Å². The van der Waals surface area contributed by atoms with Crippen LogP contribution in [-0.4, -0.2) is 8.42 Å². The van der Waals surface area contributed by atoms with Gasteiger partial charge in [0, 0.05) is 10.5 Å². The SMILES string of the molecule is Cc1cc(S(=O)(=O)N[C@H](C)c2ccccc2)c(C)cc1Br. The smallest absolute Gasteiger partial charge is 0.207 e. The first-order valence-electron chi connectivity index (χ1n) is 6.65. The molecule has 0 radical (unpaired) electrons. The average Bonchev–Trinajstić information content (AvgIpc) is 2.43. The van der Waals surface area contributed by atoms with Crippen LogP contribution >= 0.6 is 15.9 Å². The molecule has 0 amide bonds. The number of hydrogen-bond donors (Lipinski definition) is 1. The molecule has 0 saturated heterocycles. The second-order valence-electron chi connectivity index (χ2n) is 5.12. The lowest BCUT2D eigenvalue weighted by Crippen LogP contribution is -2.27. The summed E-state index contributed by atoms with van der Waals surface area (Å²) in [4.78, 5) is 0.325. The lowest BCUT2D eigenvalue weighted by atomic mass is 10.1. The molecule has 0 aromatic heterocycles. The van der Waals surface area contributed by atoms with Crippen LogP contribution in [0, 0.1) is 13.8 Å². The average molecular weight is 368 g/mol. The summed E-state index contributed by atoms with van der Waals surface area (Å²) in [6.45, 7) is 5.52. The van der Waals surface area contributed by atoms with Crippen molar-refractivity contribution in [2.24, 2.45) is 0 Å². The van der Waals surface area contributed by atoms with Crippen molar-refractivity contribution in [3.8, 4) is 0 Å². The van der Waals surface area contributed by atoms with Crippen molar-refractivity contribution >= 4 is 26.0 Å². The van der Waals surface area contributed by atoms with Crippen LogP contribution in [0.15, 0.2) is 51.8 Å². The maximum absolute atomic E-state index is 12.6. The van der Waals surface area contributed by atoms with Gasteiger partial charge in [-0.25, -0.2) is 13.1 Å². The Labute approximate surface area is 134 Å². The van der Waals surface area contributed by atoms with E-state index in [-0.39, 0.29) is 6.04 Å². The van der Waals surface area contributed by atoms with E-state index in [1.807, 2.05) is 50.2 Å². The van der Waals surface area contributed by atoms with E-state index >= 15 is 0 Å². The molecule has 0 unspecified atom stereocenters. The van der Waals surface area contributed by atoms with Gasteiger partial charge >= 0.3 is 0 Å². The summed E-state index contributed by atoms with van der Waals surface area (Å²) in [5, 5.41) is 0. The van der Waals surface area contributed by atoms with E-state index in [0.717, 1.165) is 21.2 Å². The molecule has 0 aliphatic rings. The highest BCUT2D eigenvalue weighted by Gasteiger charge is 2.21. The van der Waals surface area contributed by atoms with Crippen molar-refractivity contribution in [3.05, 3.63) is 63.6 Å². The van der Waals surface area contributed by atoms with E-state index in [1.54, 1.807) is 13.0 Å². The number of nitrogens with one attached hydrogen (secondary N) is 1. The Morgan fingerprint density at radius 1 is 1.05 bits per heavy atom. The summed E-state index contributed by atoms with van der Waals surface area (Å²) in [5.41, 5.74) is 2.56. The summed E-state index contributed by atoms with van der Waals surface area (Å²) in [5.74, 6) is 0. The molecule has 21 heavy (non-hydrogen) atoms. The lowest BCUT2D eigenvalue weighted by molar-refractivity contribution is 0.566. The molecule has 0 saturated carbocycles. The maximum Gasteiger partial charge on any atom is 0.241 e. The summed E-state index contributed by atoms with van der Waals surface area (Å²) in [6.07, 6.45) is 0. The van der Waals surface area contributed by atoms with Gasteiger partial charge in [0.25, 0.3) is 0 Å². The highest BCUT2D eigenvalue weighted by atomic mass is 79.9. The van der Waals surface area contributed by atoms with Crippen molar-refractivity contribution in [1.82, 2.24) is 4.72 Å².